The van der Waals surface area contributed by atoms with E-state index in [0.29, 0.717) is 17.6 Å². The molecule has 2 aliphatic carbocycles. The van der Waals surface area contributed by atoms with Gasteiger partial charge in [-0.1, -0.05) is 0 Å². The minimum Gasteiger partial charge on any atom is -0.300 e. The molecule has 0 amide bonds. The van der Waals surface area contributed by atoms with Gasteiger partial charge >= 0.3 is 0 Å². The molecule has 0 aromatic carbocycles. The fourth-order valence-electron chi connectivity index (χ4n) is 1.33. The Labute approximate surface area is 113 Å². The highest BCUT2D eigenvalue weighted by atomic mass is 32.2. The third-order valence-electron chi connectivity index (χ3n) is 3.07. The fraction of sp³-hybridized carbons (Fsp3) is 0.857. The van der Waals surface area contributed by atoms with Gasteiger partial charge < -0.3 is 0 Å². The highest BCUT2D eigenvalue weighted by Gasteiger charge is 2.27. The summed E-state index contributed by atoms with van der Waals surface area (Å²) in [5.41, 5.74) is 1.07. The average molecular weight is 271 g/mol. The van der Waals surface area contributed by atoms with Crippen molar-refractivity contribution in [2.24, 2.45) is 16.2 Å². The van der Waals surface area contributed by atoms with Crippen LogP contribution in [0.5, 0.6) is 0 Å². The topological polar surface area (TPSA) is 46.5 Å². The van der Waals surface area contributed by atoms with Gasteiger partial charge in [0.2, 0.25) is 0 Å². The summed E-state index contributed by atoms with van der Waals surface area (Å²) in [5.74, 6) is 1.47. The third-order valence-corrected chi connectivity index (χ3v) is 4.57. The number of hydrogen-bond acceptors (Lipinski definition) is 2. The van der Waals surface area contributed by atoms with Gasteiger partial charge in [0.15, 0.2) is 0 Å². The van der Waals surface area contributed by atoms with Gasteiger partial charge in [-0.25, -0.2) is 4.21 Å². The third kappa shape index (κ3) is 5.89. The largest absolute Gasteiger partial charge is 0.300 e. The Hall–Kier alpha value is -0.510. The van der Waals surface area contributed by atoms with Crippen LogP contribution < -0.4 is 0 Å². The molecule has 1 atom stereocenters. The summed E-state index contributed by atoms with van der Waals surface area (Å²) < 4.78 is 15.5. The van der Waals surface area contributed by atoms with Crippen LogP contribution in [0.2, 0.25) is 0 Å². The SMILES string of the molecule is CC(=NS(=O)C(C)(C)C)C1CC1.CC(=O)C1CC1. The lowest BCUT2D eigenvalue weighted by Gasteiger charge is -2.13. The molecule has 0 N–H and O–H groups in total. The molecule has 0 aliphatic heterocycles. The van der Waals surface area contributed by atoms with Crippen LogP contribution in [-0.4, -0.2) is 20.5 Å². The number of nitrogens with zero attached hydrogens (tertiary/aromatic N) is 1. The molecule has 3 nitrogen and oxygen atoms in total. The summed E-state index contributed by atoms with van der Waals surface area (Å²) in [6, 6.07) is 0. The van der Waals surface area contributed by atoms with Crippen LogP contribution in [0.1, 0.15) is 60.3 Å². The van der Waals surface area contributed by atoms with Gasteiger partial charge in [0.05, 0.1) is 4.75 Å². The van der Waals surface area contributed by atoms with Crippen LogP contribution in [0.25, 0.3) is 0 Å². The van der Waals surface area contributed by atoms with E-state index in [0.717, 1.165) is 18.6 Å². The first-order valence-corrected chi connectivity index (χ1v) is 7.80. The molecule has 0 spiro atoms. The van der Waals surface area contributed by atoms with E-state index in [1.54, 1.807) is 6.92 Å². The molecule has 0 radical (unpaired) electrons. The molecule has 0 bridgehead atoms. The quantitative estimate of drug-likeness (QED) is 0.739. The molecule has 2 fully saturated rings. The van der Waals surface area contributed by atoms with Crippen LogP contribution in [0.15, 0.2) is 4.40 Å². The number of ketones is 1. The van der Waals surface area contributed by atoms with Gasteiger partial charge in [-0.15, -0.1) is 0 Å². The van der Waals surface area contributed by atoms with Crippen molar-refractivity contribution in [1.29, 1.82) is 0 Å². The van der Waals surface area contributed by atoms with Crippen molar-refractivity contribution in [3.63, 3.8) is 0 Å². The Morgan fingerprint density at radius 2 is 1.50 bits per heavy atom. The highest BCUT2D eigenvalue weighted by Crippen LogP contribution is 2.31. The first-order chi connectivity index (χ1) is 8.21. The van der Waals surface area contributed by atoms with Crippen LogP contribution in [0, 0.1) is 11.8 Å². The van der Waals surface area contributed by atoms with Gasteiger partial charge in [0.1, 0.15) is 16.8 Å². The lowest BCUT2D eigenvalue weighted by atomic mass is 10.3. The second kappa shape index (κ2) is 6.09. The van der Waals surface area contributed by atoms with Crippen molar-refractivity contribution in [2.45, 2.75) is 65.0 Å². The van der Waals surface area contributed by atoms with E-state index in [-0.39, 0.29) is 4.75 Å². The van der Waals surface area contributed by atoms with E-state index >= 15 is 0 Å². The summed E-state index contributed by atoms with van der Waals surface area (Å²) >= 11 is 0. The maximum atomic E-state index is 11.5. The zero-order valence-corrected chi connectivity index (χ0v) is 13.0. The summed E-state index contributed by atoms with van der Waals surface area (Å²) in [7, 11) is -1.06. The van der Waals surface area contributed by atoms with Crippen molar-refractivity contribution in [3.8, 4) is 0 Å². The van der Waals surface area contributed by atoms with Gasteiger partial charge in [-0.3, -0.25) is 4.79 Å². The van der Waals surface area contributed by atoms with E-state index in [2.05, 4.69) is 4.40 Å². The molecule has 1 unspecified atom stereocenters. The number of carbonyl (C=O) groups excluding carboxylic acids is 1. The van der Waals surface area contributed by atoms with Gasteiger partial charge in [0, 0.05) is 11.6 Å². The van der Waals surface area contributed by atoms with E-state index < -0.39 is 11.0 Å². The smallest absolute Gasteiger partial charge is 0.144 e. The van der Waals surface area contributed by atoms with Crippen molar-refractivity contribution in [1.82, 2.24) is 0 Å². The van der Waals surface area contributed by atoms with Crippen LogP contribution in [0.3, 0.4) is 0 Å². The minimum atomic E-state index is -1.06. The van der Waals surface area contributed by atoms with E-state index in [9.17, 15) is 9.00 Å². The Bertz CT molecular complexity index is 360. The molecule has 2 saturated carbocycles. The Kier molecular flexibility index (Phi) is 5.26. The van der Waals surface area contributed by atoms with E-state index in [1.807, 2.05) is 27.7 Å². The molecular weight excluding hydrogens is 246 g/mol. The second-order valence-corrected chi connectivity index (χ2v) is 8.16. The van der Waals surface area contributed by atoms with Crippen molar-refractivity contribution < 1.29 is 9.00 Å². The Morgan fingerprint density at radius 3 is 1.72 bits per heavy atom. The van der Waals surface area contributed by atoms with Gasteiger partial charge in [-0.2, -0.15) is 4.40 Å². The molecule has 0 aromatic heterocycles. The predicted molar refractivity (Wildman–Crippen MR) is 77.1 cm³/mol. The van der Waals surface area contributed by atoms with Gasteiger partial charge in [-0.05, 0) is 66.2 Å². The number of rotatable bonds is 3. The van der Waals surface area contributed by atoms with Crippen LogP contribution in [-0.2, 0) is 15.8 Å². The first kappa shape index (κ1) is 15.5. The molecule has 2 aliphatic rings. The average Bonchev–Trinajstić information content (AvgIpc) is 3.08. The van der Waals surface area contributed by atoms with Crippen molar-refractivity contribution >= 4 is 22.5 Å². The Balaban J connectivity index is 0.000000225. The first-order valence-electron chi connectivity index (χ1n) is 6.69. The lowest BCUT2D eigenvalue weighted by Crippen LogP contribution is -2.20. The maximum Gasteiger partial charge on any atom is 0.144 e. The van der Waals surface area contributed by atoms with Crippen molar-refractivity contribution in [2.75, 3.05) is 0 Å². The molecule has 18 heavy (non-hydrogen) atoms. The van der Waals surface area contributed by atoms with Gasteiger partial charge in [0.25, 0.3) is 0 Å². The lowest BCUT2D eigenvalue weighted by molar-refractivity contribution is -0.118. The van der Waals surface area contributed by atoms with Crippen LogP contribution >= 0.6 is 0 Å². The summed E-state index contributed by atoms with van der Waals surface area (Å²) in [6.07, 6.45) is 4.76. The number of hydrogen-bond donors (Lipinski definition) is 0. The zero-order chi connectivity index (χ0) is 13.9. The molecule has 2 rings (SSSR count). The number of Topliss-reactive ketones (excluding diaryl/α,β-unsaturated/α-hetero) is 1. The molecule has 0 aromatic rings. The minimum absolute atomic E-state index is 0.212. The molecule has 4 heteroatoms. The Morgan fingerprint density at radius 1 is 1.06 bits per heavy atom. The fourth-order valence-corrected chi connectivity index (χ4v) is 2.02. The number of carbonyl (C=O) groups is 1. The van der Waals surface area contributed by atoms with Crippen LogP contribution in [0.4, 0.5) is 0 Å². The highest BCUT2D eigenvalue weighted by molar-refractivity contribution is 7.85. The monoisotopic (exact) mass is 271 g/mol. The molecular formula is C14H25NO2S. The van der Waals surface area contributed by atoms with E-state index in [1.165, 1.54) is 12.8 Å². The normalized spacial score (nSPS) is 21.9. The standard InChI is InChI=1S/C9H17NOS.C5H8O/c1-7(8-5-6-8)10-12(11)9(2,3)4;1-4(6)5-2-3-5/h8H,5-6H2,1-4H3;5H,2-3H2,1H3. The molecule has 0 heterocycles. The molecule has 104 valence electrons. The second-order valence-electron chi connectivity index (χ2n) is 6.25. The molecule has 0 saturated heterocycles. The van der Waals surface area contributed by atoms with Crippen molar-refractivity contribution in [3.05, 3.63) is 0 Å². The predicted octanol–water partition coefficient (Wildman–Crippen LogP) is 3.30. The summed E-state index contributed by atoms with van der Waals surface area (Å²) in [5, 5.41) is 0. The van der Waals surface area contributed by atoms with E-state index in [4.69, 9.17) is 0 Å². The maximum absolute atomic E-state index is 11.5. The zero-order valence-electron chi connectivity index (χ0n) is 12.2. The summed E-state index contributed by atoms with van der Waals surface area (Å²) in [4.78, 5) is 10.2. The summed E-state index contributed by atoms with van der Waals surface area (Å²) in [6.45, 7) is 9.51.